The molecule has 6 rings (SSSR count). The van der Waals surface area contributed by atoms with E-state index < -0.39 is 0 Å². The molecule has 37 heavy (non-hydrogen) atoms. The second kappa shape index (κ2) is 9.69. The van der Waals surface area contributed by atoms with Crippen molar-refractivity contribution in [1.82, 2.24) is 24.3 Å². The van der Waals surface area contributed by atoms with Crippen molar-refractivity contribution in [1.29, 1.82) is 0 Å². The van der Waals surface area contributed by atoms with Gasteiger partial charge in [0, 0.05) is 42.5 Å². The Bertz CT molecular complexity index is 1470. The van der Waals surface area contributed by atoms with Crippen molar-refractivity contribution in [2.75, 3.05) is 24.1 Å². The monoisotopic (exact) mass is 493 g/mol. The molecule has 8 nitrogen and oxygen atoms in total. The summed E-state index contributed by atoms with van der Waals surface area (Å²) >= 11 is 0. The zero-order chi connectivity index (χ0) is 25.4. The lowest BCUT2D eigenvalue weighted by atomic mass is 9.94. The second-order valence-corrected chi connectivity index (χ2v) is 9.94. The summed E-state index contributed by atoms with van der Waals surface area (Å²) in [7, 11) is 0. The van der Waals surface area contributed by atoms with Gasteiger partial charge in [-0.3, -0.25) is 9.20 Å². The Hall–Kier alpha value is -4.20. The van der Waals surface area contributed by atoms with Crippen molar-refractivity contribution in [3.8, 4) is 11.4 Å². The van der Waals surface area contributed by atoms with E-state index in [0.29, 0.717) is 29.2 Å². The Kier molecular flexibility index (Phi) is 6.08. The van der Waals surface area contributed by atoms with Gasteiger partial charge in [-0.1, -0.05) is 18.2 Å². The molecular formula is C29H31N7O. The van der Waals surface area contributed by atoms with E-state index in [9.17, 15) is 4.79 Å². The molecule has 1 atom stereocenters. The minimum Gasteiger partial charge on any atom is -0.377 e. The predicted octanol–water partition coefficient (Wildman–Crippen LogP) is 5.22. The summed E-state index contributed by atoms with van der Waals surface area (Å²) in [6.07, 6.45) is 12.3. The van der Waals surface area contributed by atoms with Crippen molar-refractivity contribution < 1.29 is 4.79 Å². The quantitative estimate of drug-likeness (QED) is 0.382. The first-order chi connectivity index (χ1) is 18.1. The Labute approximate surface area is 216 Å². The lowest BCUT2D eigenvalue weighted by Gasteiger charge is -2.31. The van der Waals surface area contributed by atoms with Gasteiger partial charge in [0.1, 0.15) is 11.6 Å². The predicted molar refractivity (Wildman–Crippen MR) is 145 cm³/mol. The number of carbonyl (C=O) groups excluding carboxylic acids is 1. The zero-order valence-corrected chi connectivity index (χ0v) is 21.0. The van der Waals surface area contributed by atoms with Crippen molar-refractivity contribution >= 4 is 23.2 Å². The molecule has 4 heterocycles. The number of fused-ring (bicyclic) bond motifs is 1. The molecule has 1 aliphatic carbocycles. The maximum Gasteiger partial charge on any atom is 0.256 e. The third-order valence-electron chi connectivity index (χ3n) is 7.29. The topological polar surface area (TPSA) is 101 Å². The van der Waals surface area contributed by atoms with Gasteiger partial charge in [0.15, 0.2) is 0 Å². The van der Waals surface area contributed by atoms with Crippen LogP contribution in [0.2, 0.25) is 0 Å². The smallest absolute Gasteiger partial charge is 0.256 e. The van der Waals surface area contributed by atoms with Gasteiger partial charge >= 0.3 is 0 Å². The molecule has 1 saturated carbocycles. The average molecular weight is 494 g/mol. The number of amides is 1. The number of nitrogens with one attached hydrogen (secondary N) is 1. The Morgan fingerprint density at radius 1 is 1.05 bits per heavy atom. The number of pyridine rings is 1. The zero-order valence-electron chi connectivity index (χ0n) is 21.0. The van der Waals surface area contributed by atoms with Crippen LogP contribution in [0.1, 0.15) is 66.1 Å². The van der Waals surface area contributed by atoms with Crippen LogP contribution in [0.5, 0.6) is 0 Å². The first kappa shape index (κ1) is 23.2. The first-order valence-corrected chi connectivity index (χ1v) is 13.0. The Morgan fingerprint density at radius 2 is 1.86 bits per heavy atom. The molecule has 1 aromatic carbocycles. The molecule has 0 radical (unpaired) electrons. The van der Waals surface area contributed by atoms with Crippen LogP contribution in [-0.4, -0.2) is 43.2 Å². The molecular weight excluding hydrogens is 462 g/mol. The molecule has 2 aliphatic rings. The van der Waals surface area contributed by atoms with Gasteiger partial charge in [-0.25, -0.2) is 15.0 Å². The van der Waals surface area contributed by atoms with E-state index in [2.05, 4.69) is 32.5 Å². The molecule has 8 heteroatoms. The number of anilines is 2. The third kappa shape index (κ3) is 4.67. The van der Waals surface area contributed by atoms with Crippen molar-refractivity contribution in [2.45, 2.75) is 44.4 Å². The van der Waals surface area contributed by atoms with Crippen LogP contribution in [0, 0.1) is 0 Å². The highest BCUT2D eigenvalue weighted by Gasteiger charge is 2.26. The van der Waals surface area contributed by atoms with Gasteiger partial charge in [0.2, 0.25) is 5.95 Å². The van der Waals surface area contributed by atoms with E-state index >= 15 is 0 Å². The SMILES string of the molecule is CC=CN1CCCC(c2nc(-c3ccc(C(=O)Nc4cc(C5CC5)ccn4)cc3)n3c(N)nccc23)C1. The number of hydrogen-bond donors (Lipinski definition) is 2. The van der Waals surface area contributed by atoms with Gasteiger partial charge in [-0.2, -0.15) is 0 Å². The fraction of sp³-hybridized carbons (Fsp3) is 0.310. The van der Waals surface area contributed by atoms with Crippen LogP contribution < -0.4 is 11.1 Å². The van der Waals surface area contributed by atoms with E-state index in [1.807, 2.05) is 53.8 Å². The Morgan fingerprint density at radius 3 is 2.65 bits per heavy atom. The molecule has 2 fully saturated rings. The summed E-state index contributed by atoms with van der Waals surface area (Å²) in [5, 5.41) is 2.93. The fourth-order valence-corrected chi connectivity index (χ4v) is 5.30. The van der Waals surface area contributed by atoms with E-state index in [0.717, 1.165) is 48.5 Å². The molecule has 3 aromatic heterocycles. The molecule has 1 saturated heterocycles. The summed E-state index contributed by atoms with van der Waals surface area (Å²) in [5.74, 6) is 2.45. The molecule has 3 N–H and O–H groups in total. The molecule has 0 bridgehead atoms. The van der Waals surface area contributed by atoms with Gasteiger partial charge < -0.3 is 16.0 Å². The standard InChI is InChI=1S/C29H31N7O/c1-2-15-35-16-3-4-23(18-35)26-24-12-14-32-29(30)36(24)27(34-26)20-7-9-21(10-8-20)28(37)33-25-17-22(11-13-31-25)19-5-6-19/h2,7-15,17,19,23H,3-6,16,18H2,1H3,(H2,30,32)(H,31,33,37). The average Bonchev–Trinajstić information content (AvgIpc) is 3.70. The number of nitrogens with zero attached hydrogens (tertiary/aromatic N) is 5. The van der Waals surface area contributed by atoms with E-state index in [4.69, 9.17) is 10.7 Å². The van der Waals surface area contributed by atoms with E-state index in [-0.39, 0.29) is 5.91 Å². The number of carbonyl (C=O) groups is 1. The van der Waals surface area contributed by atoms with Crippen molar-refractivity contribution in [2.24, 2.45) is 0 Å². The van der Waals surface area contributed by atoms with Crippen LogP contribution in [0.25, 0.3) is 16.9 Å². The van der Waals surface area contributed by atoms with E-state index in [1.54, 1.807) is 12.4 Å². The highest BCUT2D eigenvalue weighted by atomic mass is 16.1. The number of likely N-dealkylation sites (tertiary alicyclic amines) is 1. The number of imidazole rings is 1. The number of rotatable bonds is 6. The van der Waals surface area contributed by atoms with Crippen LogP contribution in [0.4, 0.5) is 11.8 Å². The highest BCUT2D eigenvalue weighted by Crippen LogP contribution is 2.40. The number of allylic oxidation sites excluding steroid dienone is 1. The minimum absolute atomic E-state index is 0.187. The largest absolute Gasteiger partial charge is 0.377 e. The third-order valence-corrected chi connectivity index (χ3v) is 7.29. The highest BCUT2D eigenvalue weighted by molar-refractivity contribution is 6.04. The van der Waals surface area contributed by atoms with Crippen molar-refractivity contribution in [3.05, 3.63) is 84.0 Å². The molecule has 1 amide bonds. The number of benzene rings is 1. The Balaban J connectivity index is 1.28. The lowest BCUT2D eigenvalue weighted by molar-refractivity contribution is 0.102. The number of nitrogen functional groups attached to an aromatic ring is 1. The number of aromatic nitrogens is 4. The van der Waals surface area contributed by atoms with Crippen LogP contribution in [0.3, 0.4) is 0 Å². The summed E-state index contributed by atoms with van der Waals surface area (Å²) < 4.78 is 1.92. The fourth-order valence-electron chi connectivity index (χ4n) is 5.30. The minimum atomic E-state index is -0.187. The number of hydrogen-bond acceptors (Lipinski definition) is 6. The van der Waals surface area contributed by atoms with Crippen LogP contribution in [-0.2, 0) is 0 Å². The van der Waals surface area contributed by atoms with Crippen molar-refractivity contribution in [3.63, 3.8) is 0 Å². The summed E-state index contributed by atoms with van der Waals surface area (Å²) in [6.45, 7) is 4.03. The maximum atomic E-state index is 12.9. The lowest BCUT2D eigenvalue weighted by Crippen LogP contribution is -2.30. The molecule has 0 spiro atoms. The summed E-state index contributed by atoms with van der Waals surface area (Å²) in [4.78, 5) is 29.0. The normalized spacial score (nSPS) is 18.0. The molecule has 188 valence electrons. The van der Waals surface area contributed by atoms with Gasteiger partial charge in [-0.15, -0.1) is 0 Å². The van der Waals surface area contributed by atoms with Gasteiger partial charge in [0.25, 0.3) is 5.91 Å². The summed E-state index contributed by atoms with van der Waals surface area (Å²) in [6, 6.07) is 13.5. The van der Waals surface area contributed by atoms with Crippen LogP contribution in [0.15, 0.2) is 67.1 Å². The number of piperidine rings is 1. The maximum absolute atomic E-state index is 12.9. The first-order valence-electron chi connectivity index (χ1n) is 13.0. The van der Waals surface area contributed by atoms with Gasteiger partial charge in [-0.05, 0) is 80.6 Å². The second-order valence-electron chi connectivity index (χ2n) is 9.94. The molecule has 1 unspecified atom stereocenters. The molecule has 4 aromatic rings. The van der Waals surface area contributed by atoms with E-state index in [1.165, 1.54) is 18.4 Å². The van der Waals surface area contributed by atoms with Gasteiger partial charge in [0.05, 0.1) is 11.2 Å². The van der Waals surface area contributed by atoms with Crippen LogP contribution >= 0.6 is 0 Å². The number of nitrogens with two attached hydrogens (primary N) is 1. The molecule has 1 aliphatic heterocycles. The summed E-state index contributed by atoms with van der Waals surface area (Å²) in [5.41, 5.74) is 11.0.